The van der Waals surface area contributed by atoms with Crippen LogP contribution in [0, 0.1) is 0 Å². The Bertz CT molecular complexity index is 1680. The van der Waals surface area contributed by atoms with Crippen LogP contribution >= 0.6 is 0 Å². The molecule has 0 saturated heterocycles. The first-order chi connectivity index (χ1) is 19.3. The quantitative estimate of drug-likeness (QED) is 0.162. The Morgan fingerprint density at radius 2 is 1.51 bits per heavy atom. The SMILES string of the molecule is CCCCCCCCOc1ccc(-n2ccnc2-c2ccccc2)cc1-c1ccc2c(c1)oc1ccccc12. The highest BCUT2D eigenvalue weighted by Crippen LogP contribution is 2.37. The molecule has 0 amide bonds. The summed E-state index contributed by atoms with van der Waals surface area (Å²) in [4.78, 5) is 4.66. The molecule has 0 aliphatic rings. The van der Waals surface area contributed by atoms with Crippen LogP contribution in [0.4, 0.5) is 0 Å². The Balaban J connectivity index is 1.36. The summed E-state index contributed by atoms with van der Waals surface area (Å²) in [6.45, 7) is 2.97. The van der Waals surface area contributed by atoms with Gasteiger partial charge in [0.2, 0.25) is 0 Å². The number of unbranched alkanes of at least 4 members (excludes halogenated alkanes) is 5. The Morgan fingerprint density at radius 1 is 0.718 bits per heavy atom. The van der Waals surface area contributed by atoms with E-state index in [1.807, 2.05) is 42.7 Å². The molecule has 0 saturated carbocycles. The van der Waals surface area contributed by atoms with Gasteiger partial charge in [-0.25, -0.2) is 4.98 Å². The van der Waals surface area contributed by atoms with Crippen LogP contribution in [-0.2, 0) is 0 Å². The van der Waals surface area contributed by atoms with Crippen molar-refractivity contribution in [3.8, 4) is 34.0 Å². The first-order valence-electron chi connectivity index (χ1n) is 14.1. The average Bonchev–Trinajstić information content (AvgIpc) is 3.62. The summed E-state index contributed by atoms with van der Waals surface area (Å²) in [6, 6.07) is 31.4. The number of imidazole rings is 1. The molecular weight excluding hydrogens is 480 g/mol. The number of ether oxygens (including phenoxy) is 1. The summed E-state index contributed by atoms with van der Waals surface area (Å²) >= 11 is 0. The zero-order valence-corrected chi connectivity index (χ0v) is 22.5. The second-order valence-corrected chi connectivity index (χ2v) is 10.1. The lowest BCUT2D eigenvalue weighted by atomic mass is 10.0. The van der Waals surface area contributed by atoms with Gasteiger partial charge in [0.1, 0.15) is 22.7 Å². The molecule has 4 heteroatoms. The largest absolute Gasteiger partial charge is 0.493 e. The van der Waals surface area contributed by atoms with Gasteiger partial charge in [0, 0.05) is 40.0 Å². The molecule has 6 aromatic rings. The normalized spacial score (nSPS) is 11.4. The van der Waals surface area contributed by atoms with E-state index in [1.165, 1.54) is 32.1 Å². The third kappa shape index (κ3) is 5.33. The van der Waals surface area contributed by atoms with Crippen molar-refractivity contribution in [1.29, 1.82) is 0 Å². The average molecular weight is 515 g/mol. The third-order valence-electron chi connectivity index (χ3n) is 7.36. The number of furan rings is 1. The summed E-state index contributed by atoms with van der Waals surface area (Å²) in [5.41, 5.74) is 6.03. The van der Waals surface area contributed by atoms with Gasteiger partial charge in [-0.15, -0.1) is 0 Å². The number of fused-ring (bicyclic) bond motifs is 3. The number of hydrogen-bond donors (Lipinski definition) is 0. The number of rotatable bonds is 11. The van der Waals surface area contributed by atoms with E-state index in [-0.39, 0.29) is 0 Å². The van der Waals surface area contributed by atoms with Gasteiger partial charge in [-0.1, -0.05) is 93.6 Å². The first kappa shape index (κ1) is 25.0. The van der Waals surface area contributed by atoms with Crippen LogP contribution in [0.2, 0.25) is 0 Å². The van der Waals surface area contributed by atoms with Crippen molar-refractivity contribution in [3.05, 3.63) is 103 Å². The molecule has 0 unspecified atom stereocenters. The van der Waals surface area contributed by atoms with Crippen molar-refractivity contribution in [2.75, 3.05) is 6.61 Å². The van der Waals surface area contributed by atoms with Gasteiger partial charge in [-0.3, -0.25) is 4.57 Å². The van der Waals surface area contributed by atoms with E-state index in [9.17, 15) is 0 Å². The molecule has 4 nitrogen and oxygen atoms in total. The van der Waals surface area contributed by atoms with Crippen molar-refractivity contribution in [1.82, 2.24) is 9.55 Å². The van der Waals surface area contributed by atoms with E-state index in [0.717, 1.165) is 62.3 Å². The van der Waals surface area contributed by atoms with Gasteiger partial charge in [0.05, 0.1) is 6.61 Å². The summed E-state index contributed by atoms with van der Waals surface area (Å²) in [7, 11) is 0. The molecule has 0 spiro atoms. The highest BCUT2D eigenvalue weighted by atomic mass is 16.5. The standard InChI is InChI=1S/C35H34N2O2/c1-2-3-4-5-6-12-23-38-32-20-18-28(37-22-21-36-35(37)26-13-8-7-9-14-26)25-31(32)27-17-19-30-29-15-10-11-16-33(29)39-34(30)24-27/h7-11,13-22,24-25H,2-6,12,23H2,1H3. The molecule has 2 aromatic heterocycles. The van der Waals surface area contributed by atoms with Crippen molar-refractivity contribution >= 4 is 21.9 Å². The lowest BCUT2D eigenvalue weighted by molar-refractivity contribution is 0.305. The number of nitrogens with zero attached hydrogens (tertiary/aromatic N) is 2. The van der Waals surface area contributed by atoms with Gasteiger partial charge in [-0.2, -0.15) is 0 Å². The first-order valence-corrected chi connectivity index (χ1v) is 14.1. The molecule has 0 aliphatic heterocycles. The van der Waals surface area contributed by atoms with Crippen molar-refractivity contribution in [3.63, 3.8) is 0 Å². The second-order valence-electron chi connectivity index (χ2n) is 10.1. The van der Waals surface area contributed by atoms with Crippen molar-refractivity contribution in [2.45, 2.75) is 45.4 Å². The summed E-state index contributed by atoms with van der Waals surface area (Å²) in [5.74, 6) is 1.80. The summed E-state index contributed by atoms with van der Waals surface area (Å²) < 4.78 is 14.8. The molecule has 2 heterocycles. The van der Waals surface area contributed by atoms with Gasteiger partial charge < -0.3 is 9.15 Å². The van der Waals surface area contributed by atoms with E-state index in [2.05, 4.69) is 77.1 Å². The van der Waals surface area contributed by atoms with Crippen LogP contribution in [0.15, 0.2) is 108 Å². The lowest BCUT2D eigenvalue weighted by Crippen LogP contribution is -2.01. The van der Waals surface area contributed by atoms with E-state index in [0.29, 0.717) is 6.61 Å². The predicted octanol–water partition coefficient (Wildman–Crippen LogP) is 9.84. The van der Waals surface area contributed by atoms with E-state index >= 15 is 0 Å². The third-order valence-corrected chi connectivity index (χ3v) is 7.36. The molecule has 0 atom stereocenters. The number of hydrogen-bond acceptors (Lipinski definition) is 3. The maximum Gasteiger partial charge on any atom is 0.144 e. The Labute approximate surface area is 229 Å². The minimum Gasteiger partial charge on any atom is -0.493 e. The zero-order valence-electron chi connectivity index (χ0n) is 22.5. The summed E-state index contributed by atoms with van der Waals surface area (Å²) in [5, 5.41) is 2.26. The molecule has 0 fully saturated rings. The van der Waals surface area contributed by atoms with Crippen LogP contribution in [0.3, 0.4) is 0 Å². The van der Waals surface area contributed by atoms with Crippen LogP contribution in [0.1, 0.15) is 45.4 Å². The van der Waals surface area contributed by atoms with Crippen molar-refractivity contribution < 1.29 is 9.15 Å². The zero-order chi connectivity index (χ0) is 26.4. The highest BCUT2D eigenvalue weighted by molar-refractivity contribution is 6.06. The Morgan fingerprint density at radius 3 is 2.41 bits per heavy atom. The maximum absolute atomic E-state index is 6.40. The van der Waals surface area contributed by atoms with Crippen LogP contribution < -0.4 is 4.74 Å². The number of aromatic nitrogens is 2. The number of benzene rings is 4. The van der Waals surface area contributed by atoms with Crippen LogP contribution in [-0.4, -0.2) is 16.2 Å². The van der Waals surface area contributed by atoms with E-state index in [1.54, 1.807) is 0 Å². The van der Waals surface area contributed by atoms with Crippen molar-refractivity contribution in [2.24, 2.45) is 0 Å². The topological polar surface area (TPSA) is 40.2 Å². The molecule has 0 N–H and O–H groups in total. The molecule has 0 bridgehead atoms. The fourth-order valence-corrected chi connectivity index (χ4v) is 5.29. The molecule has 39 heavy (non-hydrogen) atoms. The van der Waals surface area contributed by atoms with Crippen LogP contribution in [0.25, 0.3) is 50.1 Å². The van der Waals surface area contributed by atoms with Crippen LogP contribution in [0.5, 0.6) is 5.75 Å². The monoisotopic (exact) mass is 514 g/mol. The minimum absolute atomic E-state index is 0.714. The van der Waals surface area contributed by atoms with Gasteiger partial charge in [-0.05, 0) is 48.4 Å². The van der Waals surface area contributed by atoms with Gasteiger partial charge in [0.25, 0.3) is 0 Å². The molecule has 0 aliphatic carbocycles. The molecular formula is C35H34N2O2. The van der Waals surface area contributed by atoms with Gasteiger partial charge in [0.15, 0.2) is 0 Å². The smallest absolute Gasteiger partial charge is 0.144 e. The highest BCUT2D eigenvalue weighted by Gasteiger charge is 2.15. The second kappa shape index (κ2) is 11.6. The lowest BCUT2D eigenvalue weighted by Gasteiger charge is -2.15. The number of para-hydroxylation sites is 1. The van der Waals surface area contributed by atoms with E-state index in [4.69, 9.17) is 9.15 Å². The Hall–Kier alpha value is -4.31. The molecule has 196 valence electrons. The molecule has 4 aromatic carbocycles. The molecule has 0 radical (unpaired) electrons. The fraction of sp³-hybridized carbons (Fsp3) is 0.229. The maximum atomic E-state index is 6.40. The molecule has 6 rings (SSSR count). The predicted molar refractivity (Wildman–Crippen MR) is 161 cm³/mol. The fourth-order valence-electron chi connectivity index (χ4n) is 5.29. The van der Waals surface area contributed by atoms with Gasteiger partial charge >= 0.3 is 0 Å². The van der Waals surface area contributed by atoms with E-state index < -0.39 is 0 Å². The minimum atomic E-state index is 0.714. The summed E-state index contributed by atoms with van der Waals surface area (Å²) in [6.07, 6.45) is 11.3. The Kier molecular flexibility index (Phi) is 7.44.